The Morgan fingerprint density at radius 1 is 0.893 bits per heavy atom. The molecule has 1 aromatic heterocycles. The highest BCUT2D eigenvalue weighted by Gasteiger charge is 2.31. The van der Waals surface area contributed by atoms with Gasteiger partial charge in [0.2, 0.25) is 0 Å². The summed E-state index contributed by atoms with van der Waals surface area (Å²) in [5.74, 6) is 0.717. The van der Waals surface area contributed by atoms with Gasteiger partial charge >= 0.3 is 6.18 Å². The zero-order valence-electron chi connectivity index (χ0n) is 15.0. The Balaban J connectivity index is 1.83. The lowest BCUT2D eigenvalue weighted by Gasteiger charge is -2.17. The lowest BCUT2D eigenvalue weighted by Crippen LogP contribution is -2.05. The first-order valence-corrected chi connectivity index (χ1v) is 9.61. The van der Waals surface area contributed by atoms with Crippen molar-refractivity contribution < 1.29 is 13.2 Å². The van der Waals surface area contributed by atoms with Gasteiger partial charge in [-0.05, 0) is 35.9 Å². The van der Waals surface area contributed by atoms with E-state index in [1.165, 1.54) is 6.07 Å². The van der Waals surface area contributed by atoms with Crippen LogP contribution in [0.3, 0.4) is 0 Å². The number of alkyl halides is 3. The smallest absolute Gasteiger partial charge is 0.330 e. The molecule has 28 heavy (non-hydrogen) atoms. The minimum absolute atomic E-state index is 0.143. The number of aromatic nitrogens is 2. The molecular weight excluding hydrogens is 381 g/mol. The van der Waals surface area contributed by atoms with E-state index in [1.54, 1.807) is 11.8 Å². The van der Waals surface area contributed by atoms with Crippen LogP contribution in [0.1, 0.15) is 22.2 Å². The topological polar surface area (TPSA) is 17.8 Å². The SMILES string of the molecule is Cn1c(C(Sc2ccccc2)c2ccccc2)nc2cc(C(F)(F)F)ccc21. The molecule has 0 aliphatic carbocycles. The molecule has 0 aliphatic heterocycles. The molecule has 2 nitrogen and oxygen atoms in total. The van der Waals surface area contributed by atoms with E-state index in [-0.39, 0.29) is 5.25 Å². The van der Waals surface area contributed by atoms with Crippen molar-refractivity contribution in [1.29, 1.82) is 0 Å². The third kappa shape index (κ3) is 3.64. The molecular formula is C22H17F3N2S. The van der Waals surface area contributed by atoms with Gasteiger partial charge in [0.1, 0.15) is 5.82 Å². The summed E-state index contributed by atoms with van der Waals surface area (Å²) >= 11 is 1.63. The number of benzene rings is 3. The third-order valence-electron chi connectivity index (χ3n) is 4.58. The molecule has 0 saturated carbocycles. The molecule has 1 heterocycles. The predicted molar refractivity (Wildman–Crippen MR) is 106 cm³/mol. The summed E-state index contributed by atoms with van der Waals surface area (Å²) in [4.78, 5) is 5.67. The van der Waals surface area contributed by atoms with E-state index in [0.29, 0.717) is 11.0 Å². The highest BCUT2D eigenvalue weighted by Crippen LogP contribution is 2.41. The Hall–Kier alpha value is -2.73. The van der Waals surface area contributed by atoms with Crippen LogP contribution in [0.5, 0.6) is 0 Å². The number of aryl methyl sites for hydroxylation is 1. The maximum Gasteiger partial charge on any atom is 0.416 e. The zero-order valence-corrected chi connectivity index (χ0v) is 15.8. The van der Waals surface area contributed by atoms with Gasteiger partial charge in [-0.2, -0.15) is 13.2 Å². The molecule has 6 heteroatoms. The fourth-order valence-corrected chi connectivity index (χ4v) is 4.36. The van der Waals surface area contributed by atoms with Gasteiger partial charge in [0.05, 0.1) is 21.8 Å². The fourth-order valence-electron chi connectivity index (χ4n) is 3.16. The molecule has 4 rings (SSSR count). The van der Waals surface area contributed by atoms with Crippen LogP contribution in [0.4, 0.5) is 13.2 Å². The molecule has 0 amide bonds. The maximum absolute atomic E-state index is 13.1. The Morgan fingerprint density at radius 2 is 1.54 bits per heavy atom. The van der Waals surface area contributed by atoms with Gasteiger partial charge < -0.3 is 4.57 Å². The van der Waals surface area contributed by atoms with Gasteiger partial charge in [0, 0.05) is 11.9 Å². The summed E-state index contributed by atoms with van der Waals surface area (Å²) in [6.07, 6.45) is -4.39. The van der Waals surface area contributed by atoms with Crippen LogP contribution in [0.15, 0.2) is 83.8 Å². The lowest BCUT2D eigenvalue weighted by atomic mass is 10.1. The number of halogens is 3. The van der Waals surface area contributed by atoms with Gasteiger partial charge in [-0.1, -0.05) is 48.5 Å². The van der Waals surface area contributed by atoms with Crippen molar-refractivity contribution in [1.82, 2.24) is 9.55 Å². The average Bonchev–Trinajstić information content (AvgIpc) is 3.03. The van der Waals surface area contributed by atoms with Crippen LogP contribution in [0.25, 0.3) is 11.0 Å². The highest BCUT2D eigenvalue weighted by molar-refractivity contribution is 7.99. The van der Waals surface area contributed by atoms with Crippen LogP contribution in [-0.4, -0.2) is 9.55 Å². The highest BCUT2D eigenvalue weighted by atomic mass is 32.2. The monoisotopic (exact) mass is 398 g/mol. The van der Waals surface area contributed by atoms with E-state index in [2.05, 4.69) is 4.98 Å². The first kappa shape index (κ1) is 18.6. The quantitative estimate of drug-likeness (QED) is 0.367. The van der Waals surface area contributed by atoms with Crippen molar-refractivity contribution in [2.75, 3.05) is 0 Å². The zero-order chi connectivity index (χ0) is 19.7. The number of thioether (sulfide) groups is 1. The molecule has 1 unspecified atom stereocenters. The van der Waals surface area contributed by atoms with Crippen molar-refractivity contribution >= 4 is 22.8 Å². The fraction of sp³-hybridized carbons (Fsp3) is 0.136. The number of rotatable bonds is 4. The minimum atomic E-state index is -4.39. The van der Waals surface area contributed by atoms with Gasteiger partial charge in [0.25, 0.3) is 0 Å². The van der Waals surface area contributed by atoms with Crippen LogP contribution in [-0.2, 0) is 13.2 Å². The van der Waals surface area contributed by atoms with E-state index in [0.717, 1.165) is 28.4 Å². The van der Waals surface area contributed by atoms with Crippen molar-refractivity contribution in [2.24, 2.45) is 7.05 Å². The molecule has 0 saturated heterocycles. The normalized spacial score (nSPS) is 13.0. The van der Waals surface area contributed by atoms with Crippen molar-refractivity contribution in [3.8, 4) is 0 Å². The first-order valence-electron chi connectivity index (χ1n) is 8.74. The molecule has 0 N–H and O–H groups in total. The number of hydrogen-bond donors (Lipinski definition) is 0. The average molecular weight is 398 g/mol. The molecule has 0 bridgehead atoms. The van der Waals surface area contributed by atoms with Gasteiger partial charge in [-0.3, -0.25) is 0 Å². The Morgan fingerprint density at radius 3 is 2.18 bits per heavy atom. The molecule has 0 fully saturated rings. The van der Waals surface area contributed by atoms with E-state index >= 15 is 0 Å². The molecule has 1 atom stereocenters. The van der Waals surface area contributed by atoms with Gasteiger partial charge in [0.15, 0.2) is 0 Å². The second-order valence-corrected chi connectivity index (χ2v) is 7.63. The molecule has 0 spiro atoms. The van der Waals surface area contributed by atoms with Crippen LogP contribution < -0.4 is 0 Å². The summed E-state index contributed by atoms with van der Waals surface area (Å²) < 4.78 is 41.2. The molecule has 142 valence electrons. The van der Waals surface area contributed by atoms with E-state index in [9.17, 15) is 13.2 Å². The molecule has 3 aromatic carbocycles. The number of hydrogen-bond acceptors (Lipinski definition) is 2. The number of imidazole rings is 1. The van der Waals surface area contributed by atoms with Crippen LogP contribution >= 0.6 is 11.8 Å². The minimum Gasteiger partial charge on any atom is -0.330 e. The molecule has 0 radical (unpaired) electrons. The maximum atomic E-state index is 13.1. The molecule has 0 aliphatic rings. The van der Waals surface area contributed by atoms with Gasteiger partial charge in [-0.25, -0.2) is 4.98 Å². The molecule has 4 aromatic rings. The third-order valence-corrected chi connectivity index (χ3v) is 5.84. The largest absolute Gasteiger partial charge is 0.416 e. The van der Waals surface area contributed by atoms with Crippen molar-refractivity contribution in [3.63, 3.8) is 0 Å². The van der Waals surface area contributed by atoms with Crippen LogP contribution in [0.2, 0.25) is 0 Å². The predicted octanol–water partition coefficient (Wildman–Crippen LogP) is 6.47. The Labute approximate surface area is 165 Å². The lowest BCUT2D eigenvalue weighted by molar-refractivity contribution is -0.137. The first-order chi connectivity index (χ1) is 13.4. The van der Waals surface area contributed by atoms with Gasteiger partial charge in [-0.15, -0.1) is 11.8 Å². The van der Waals surface area contributed by atoms with Crippen LogP contribution in [0, 0.1) is 0 Å². The summed E-state index contributed by atoms with van der Waals surface area (Å²) in [5, 5.41) is -0.143. The second kappa shape index (κ2) is 7.36. The van der Waals surface area contributed by atoms with Crippen molar-refractivity contribution in [2.45, 2.75) is 16.3 Å². The number of fused-ring (bicyclic) bond motifs is 1. The summed E-state index contributed by atoms with van der Waals surface area (Å²) in [6, 6.07) is 23.5. The number of nitrogens with zero attached hydrogens (tertiary/aromatic N) is 2. The van der Waals surface area contributed by atoms with E-state index < -0.39 is 11.7 Å². The van der Waals surface area contributed by atoms with E-state index in [4.69, 9.17) is 0 Å². The summed E-state index contributed by atoms with van der Waals surface area (Å²) in [5.41, 5.74) is 1.39. The van der Waals surface area contributed by atoms with E-state index in [1.807, 2.05) is 72.3 Å². The summed E-state index contributed by atoms with van der Waals surface area (Å²) in [7, 11) is 1.85. The van der Waals surface area contributed by atoms with Crippen molar-refractivity contribution in [3.05, 3.63) is 95.8 Å². The Kier molecular flexibility index (Phi) is 4.89. The second-order valence-electron chi connectivity index (χ2n) is 6.45. The Bertz CT molecular complexity index is 1090. The standard InChI is InChI=1S/C22H17F3N2S/c1-27-19-13-12-16(22(23,24)25)14-18(19)26-21(27)20(15-8-4-2-5-9-15)28-17-10-6-3-7-11-17/h2-14,20H,1H3. The summed E-state index contributed by atoms with van der Waals surface area (Å²) in [6.45, 7) is 0.